The summed E-state index contributed by atoms with van der Waals surface area (Å²) < 4.78 is 65.2. The van der Waals surface area contributed by atoms with Crippen LogP contribution >= 0.6 is 11.3 Å². The SMILES string of the molecule is CS(=O)(=O)Nc1ccn(C(=O)N2CCN(Cc3cc4ccc(C(F)(F)F)cc4s3)CC2)n1. The van der Waals surface area contributed by atoms with Crippen LogP contribution in [-0.2, 0) is 22.7 Å². The molecule has 1 aliphatic heterocycles. The van der Waals surface area contributed by atoms with E-state index in [0.717, 1.165) is 27.3 Å². The highest BCUT2D eigenvalue weighted by molar-refractivity contribution is 7.92. The van der Waals surface area contributed by atoms with E-state index in [2.05, 4.69) is 14.7 Å². The zero-order valence-electron chi connectivity index (χ0n) is 17.0. The van der Waals surface area contributed by atoms with E-state index < -0.39 is 21.8 Å². The second-order valence-electron chi connectivity index (χ2n) is 7.53. The maximum absolute atomic E-state index is 12.9. The van der Waals surface area contributed by atoms with Crippen molar-refractivity contribution in [2.75, 3.05) is 37.2 Å². The third-order valence-electron chi connectivity index (χ3n) is 5.00. The average molecular weight is 488 g/mol. The zero-order chi connectivity index (χ0) is 23.1. The second-order valence-corrected chi connectivity index (χ2v) is 10.4. The van der Waals surface area contributed by atoms with Gasteiger partial charge in [0.1, 0.15) is 0 Å². The van der Waals surface area contributed by atoms with Gasteiger partial charge in [-0.05, 0) is 23.6 Å². The second kappa shape index (κ2) is 8.37. The molecule has 32 heavy (non-hydrogen) atoms. The van der Waals surface area contributed by atoms with E-state index in [1.54, 1.807) is 4.90 Å². The van der Waals surface area contributed by atoms with Crippen LogP contribution in [0.5, 0.6) is 0 Å². The Morgan fingerprint density at radius 3 is 2.53 bits per heavy atom. The number of carbonyl (C=O) groups excluding carboxylic acids is 1. The van der Waals surface area contributed by atoms with E-state index >= 15 is 0 Å². The number of rotatable bonds is 4. The monoisotopic (exact) mass is 487 g/mol. The molecule has 0 saturated carbocycles. The number of nitrogens with one attached hydrogen (secondary N) is 1. The predicted octanol–water partition coefficient (Wildman–Crippen LogP) is 3.27. The first-order valence-corrected chi connectivity index (χ1v) is 12.3. The molecule has 172 valence electrons. The fraction of sp³-hybridized carbons (Fsp3) is 0.368. The van der Waals surface area contributed by atoms with Crippen molar-refractivity contribution >= 4 is 43.3 Å². The average Bonchev–Trinajstić information content (AvgIpc) is 3.31. The number of fused-ring (bicyclic) bond motifs is 1. The van der Waals surface area contributed by atoms with Crippen LogP contribution < -0.4 is 4.72 Å². The van der Waals surface area contributed by atoms with Crippen LogP contribution in [0.3, 0.4) is 0 Å². The number of piperazine rings is 1. The molecule has 2 aromatic heterocycles. The molecule has 1 aliphatic rings. The van der Waals surface area contributed by atoms with E-state index in [4.69, 9.17) is 0 Å². The Kier molecular flexibility index (Phi) is 5.90. The van der Waals surface area contributed by atoms with Crippen molar-refractivity contribution in [2.45, 2.75) is 12.7 Å². The lowest BCUT2D eigenvalue weighted by molar-refractivity contribution is -0.137. The number of anilines is 1. The van der Waals surface area contributed by atoms with E-state index in [1.165, 1.54) is 35.7 Å². The summed E-state index contributed by atoms with van der Waals surface area (Å²) in [5.41, 5.74) is -0.654. The lowest BCUT2D eigenvalue weighted by Gasteiger charge is -2.34. The molecular formula is C19H20F3N5O3S2. The number of sulfonamides is 1. The number of benzene rings is 1. The highest BCUT2D eigenvalue weighted by Crippen LogP contribution is 2.34. The highest BCUT2D eigenvalue weighted by atomic mass is 32.2. The van der Waals surface area contributed by atoms with Crippen LogP contribution in [0, 0.1) is 0 Å². The Hall–Kier alpha value is -2.64. The molecule has 1 N–H and O–H groups in total. The van der Waals surface area contributed by atoms with Gasteiger partial charge in [0.2, 0.25) is 10.0 Å². The van der Waals surface area contributed by atoms with Gasteiger partial charge in [0, 0.05) is 54.6 Å². The van der Waals surface area contributed by atoms with Gasteiger partial charge in [0.05, 0.1) is 11.8 Å². The van der Waals surface area contributed by atoms with Gasteiger partial charge < -0.3 is 4.90 Å². The third-order valence-corrected chi connectivity index (χ3v) is 6.66. The molecule has 1 aromatic carbocycles. The molecule has 8 nitrogen and oxygen atoms in total. The van der Waals surface area contributed by atoms with Gasteiger partial charge in [-0.2, -0.15) is 17.9 Å². The number of halogens is 3. The van der Waals surface area contributed by atoms with Crippen LogP contribution in [0.25, 0.3) is 10.1 Å². The van der Waals surface area contributed by atoms with Crippen molar-refractivity contribution in [1.29, 1.82) is 0 Å². The molecule has 0 aliphatic carbocycles. The Bertz CT molecular complexity index is 1240. The van der Waals surface area contributed by atoms with Crippen molar-refractivity contribution in [3.8, 4) is 0 Å². The molecule has 4 rings (SSSR count). The number of nitrogens with zero attached hydrogens (tertiary/aromatic N) is 4. The van der Waals surface area contributed by atoms with Crippen LogP contribution in [0.15, 0.2) is 36.5 Å². The lowest BCUT2D eigenvalue weighted by Crippen LogP contribution is -2.49. The first-order chi connectivity index (χ1) is 15.0. The standard InChI is InChI=1S/C19H20F3N5O3S2/c1-32(29,30)24-17-4-5-27(23-17)18(28)26-8-6-25(7-9-26)12-15-10-13-2-3-14(19(20,21)22)11-16(13)31-15/h2-5,10-11H,6-9,12H2,1H3,(H,23,24). The maximum Gasteiger partial charge on any atom is 0.416 e. The topological polar surface area (TPSA) is 87.5 Å². The van der Waals surface area contributed by atoms with Gasteiger partial charge in [-0.1, -0.05) is 6.07 Å². The molecule has 3 aromatic rings. The Morgan fingerprint density at radius 2 is 1.88 bits per heavy atom. The summed E-state index contributed by atoms with van der Waals surface area (Å²) in [5, 5.41) is 4.73. The van der Waals surface area contributed by atoms with Crippen LogP contribution in [0.1, 0.15) is 10.4 Å². The third kappa shape index (κ3) is 5.22. The summed E-state index contributed by atoms with van der Waals surface area (Å²) in [6.07, 6.45) is -1.97. The minimum absolute atomic E-state index is 0.0675. The number of hydrogen-bond acceptors (Lipinski definition) is 6. The molecule has 0 radical (unpaired) electrons. The Balaban J connectivity index is 1.35. The number of carbonyl (C=O) groups is 1. The molecule has 3 heterocycles. The van der Waals surface area contributed by atoms with Gasteiger partial charge in [0.25, 0.3) is 0 Å². The number of hydrogen-bond donors (Lipinski definition) is 1. The van der Waals surface area contributed by atoms with Crippen molar-refractivity contribution in [2.24, 2.45) is 0 Å². The van der Waals surface area contributed by atoms with Gasteiger partial charge in [0.15, 0.2) is 5.82 Å². The molecule has 0 bridgehead atoms. The van der Waals surface area contributed by atoms with E-state index in [1.807, 2.05) is 6.07 Å². The molecule has 0 unspecified atom stereocenters. The van der Waals surface area contributed by atoms with Crippen molar-refractivity contribution < 1.29 is 26.4 Å². The first-order valence-electron chi connectivity index (χ1n) is 9.63. The maximum atomic E-state index is 12.9. The summed E-state index contributed by atoms with van der Waals surface area (Å²) in [6, 6.07) is 6.71. The normalized spacial score (nSPS) is 15.9. The number of amides is 1. The van der Waals surface area contributed by atoms with Crippen molar-refractivity contribution in [3.05, 3.63) is 47.0 Å². The Morgan fingerprint density at radius 1 is 1.16 bits per heavy atom. The summed E-state index contributed by atoms with van der Waals surface area (Å²) in [7, 11) is -3.48. The fourth-order valence-electron chi connectivity index (χ4n) is 3.48. The van der Waals surface area contributed by atoms with Gasteiger partial charge >= 0.3 is 12.2 Å². The number of thiophene rings is 1. The number of aromatic nitrogens is 2. The predicted molar refractivity (Wildman–Crippen MR) is 115 cm³/mol. The molecule has 1 fully saturated rings. The van der Waals surface area contributed by atoms with E-state index in [0.29, 0.717) is 37.4 Å². The van der Waals surface area contributed by atoms with Crippen LogP contribution in [-0.4, -0.2) is 66.5 Å². The molecular weight excluding hydrogens is 467 g/mol. The lowest BCUT2D eigenvalue weighted by atomic mass is 10.1. The molecule has 13 heteroatoms. The highest BCUT2D eigenvalue weighted by Gasteiger charge is 2.30. The smallest absolute Gasteiger partial charge is 0.320 e. The van der Waals surface area contributed by atoms with E-state index in [-0.39, 0.29) is 11.8 Å². The first kappa shape index (κ1) is 22.6. The number of alkyl halides is 3. The molecule has 0 atom stereocenters. The van der Waals surface area contributed by atoms with Gasteiger partial charge in [-0.15, -0.1) is 16.4 Å². The van der Waals surface area contributed by atoms with Crippen molar-refractivity contribution in [1.82, 2.24) is 19.6 Å². The minimum Gasteiger partial charge on any atom is -0.320 e. The molecule has 1 saturated heterocycles. The summed E-state index contributed by atoms with van der Waals surface area (Å²) in [5.74, 6) is 0.0675. The van der Waals surface area contributed by atoms with Crippen LogP contribution in [0.4, 0.5) is 23.8 Å². The van der Waals surface area contributed by atoms with E-state index in [9.17, 15) is 26.4 Å². The minimum atomic E-state index is -4.36. The van der Waals surface area contributed by atoms with Crippen LogP contribution in [0.2, 0.25) is 0 Å². The molecule has 0 spiro atoms. The fourth-order valence-corrected chi connectivity index (χ4v) is 5.11. The van der Waals surface area contributed by atoms with Crippen molar-refractivity contribution in [3.63, 3.8) is 0 Å². The quantitative estimate of drug-likeness (QED) is 0.610. The zero-order valence-corrected chi connectivity index (χ0v) is 18.6. The summed E-state index contributed by atoms with van der Waals surface area (Å²) in [6.45, 7) is 2.70. The summed E-state index contributed by atoms with van der Waals surface area (Å²) in [4.78, 5) is 17.3. The van der Waals surface area contributed by atoms with Gasteiger partial charge in [-0.3, -0.25) is 9.62 Å². The Labute approximate surface area is 186 Å². The largest absolute Gasteiger partial charge is 0.416 e. The summed E-state index contributed by atoms with van der Waals surface area (Å²) >= 11 is 1.34. The van der Waals surface area contributed by atoms with Gasteiger partial charge in [-0.25, -0.2) is 13.2 Å². The molecule has 1 amide bonds.